The number of benzene rings is 1. The number of ether oxygens (including phenoxy) is 3. The molecule has 0 amide bonds. The number of carboxylic acid groups (broad SMARTS) is 1. The maximum Gasteiger partial charge on any atom is 0.347 e. The Hall–Kier alpha value is -3.30. The summed E-state index contributed by atoms with van der Waals surface area (Å²) in [6.07, 6.45) is 5.67. The Balaban J connectivity index is 1.87. The topological polar surface area (TPSA) is 122 Å². The zero-order valence-electron chi connectivity index (χ0n) is 20.4. The van der Waals surface area contributed by atoms with Crippen molar-refractivity contribution in [3.05, 3.63) is 45.1 Å². The van der Waals surface area contributed by atoms with Crippen molar-refractivity contribution in [1.82, 2.24) is 14.3 Å². The van der Waals surface area contributed by atoms with Crippen molar-refractivity contribution in [2.75, 3.05) is 13.2 Å². The number of aryl methyl sites for hydroxylation is 1. The predicted molar refractivity (Wildman–Crippen MR) is 127 cm³/mol. The molecule has 0 aliphatic heterocycles. The van der Waals surface area contributed by atoms with Gasteiger partial charge in [0.2, 0.25) is 0 Å². The van der Waals surface area contributed by atoms with Crippen LogP contribution >= 0.6 is 0 Å². The SMILES string of the molecule is CCCCCCCn1nc(OCCCOc2cccc(OC(C)(C)C(=O)O)c2)c(=O)n(C)c1=O. The minimum absolute atomic E-state index is 0.109. The molecule has 0 spiro atoms. The van der Waals surface area contributed by atoms with Crippen LogP contribution < -0.4 is 25.5 Å². The molecule has 10 heteroatoms. The van der Waals surface area contributed by atoms with E-state index in [0.717, 1.165) is 36.7 Å². The Kier molecular flexibility index (Phi) is 10.2. The highest BCUT2D eigenvalue weighted by molar-refractivity contribution is 5.76. The number of hydrogen-bond acceptors (Lipinski definition) is 7. The number of hydrogen-bond donors (Lipinski definition) is 1. The molecule has 1 aromatic heterocycles. The molecular weight excluding hydrogens is 442 g/mol. The first-order chi connectivity index (χ1) is 16.2. The highest BCUT2D eigenvalue weighted by atomic mass is 16.5. The molecule has 0 saturated carbocycles. The Morgan fingerprint density at radius 2 is 1.71 bits per heavy atom. The minimum atomic E-state index is -1.36. The molecule has 1 N–H and O–H groups in total. The van der Waals surface area contributed by atoms with Gasteiger partial charge in [0.15, 0.2) is 5.60 Å². The molecule has 0 unspecified atom stereocenters. The first-order valence-corrected chi connectivity index (χ1v) is 11.6. The largest absolute Gasteiger partial charge is 0.493 e. The van der Waals surface area contributed by atoms with Gasteiger partial charge in [0.05, 0.1) is 13.2 Å². The molecule has 0 aliphatic rings. The minimum Gasteiger partial charge on any atom is -0.493 e. The first-order valence-electron chi connectivity index (χ1n) is 11.6. The van der Waals surface area contributed by atoms with Gasteiger partial charge in [-0.25, -0.2) is 14.3 Å². The summed E-state index contributed by atoms with van der Waals surface area (Å²) in [4.78, 5) is 35.8. The molecule has 0 bridgehead atoms. The molecule has 2 aromatic rings. The van der Waals surface area contributed by atoms with Gasteiger partial charge in [0.25, 0.3) is 5.88 Å². The lowest BCUT2D eigenvalue weighted by atomic mass is 10.1. The molecular formula is C24H35N3O7. The Labute approximate surface area is 199 Å². The zero-order chi connectivity index (χ0) is 25.1. The average Bonchev–Trinajstić information content (AvgIpc) is 2.79. The van der Waals surface area contributed by atoms with Crippen LogP contribution in [-0.4, -0.2) is 44.2 Å². The molecule has 10 nitrogen and oxygen atoms in total. The van der Waals surface area contributed by atoms with E-state index in [-0.39, 0.29) is 12.5 Å². The predicted octanol–water partition coefficient (Wildman–Crippen LogP) is 3.00. The Bertz CT molecular complexity index is 1060. The first kappa shape index (κ1) is 26.9. The molecule has 1 heterocycles. The van der Waals surface area contributed by atoms with Gasteiger partial charge in [-0.2, -0.15) is 0 Å². The number of unbranched alkanes of at least 4 members (excludes halogenated alkanes) is 4. The van der Waals surface area contributed by atoms with Gasteiger partial charge in [-0.1, -0.05) is 38.7 Å². The third-order valence-electron chi connectivity index (χ3n) is 5.17. The van der Waals surface area contributed by atoms with E-state index in [4.69, 9.17) is 14.2 Å². The smallest absolute Gasteiger partial charge is 0.347 e. The van der Waals surface area contributed by atoms with Crippen LogP contribution in [0.2, 0.25) is 0 Å². The van der Waals surface area contributed by atoms with E-state index in [1.54, 1.807) is 24.3 Å². The van der Waals surface area contributed by atoms with Gasteiger partial charge < -0.3 is 19.3 Å². The summed E-state index contributed by atoms with van der Waals surface area (Å²) in [7, 11) is 1.41. The van der Waals surface area contributed by atoms with E-state index in [0.29, 0.717) is 31.1 Å². The van der Waals surface area contributed by atoms with Crippen molar-refractivity contribution in [2.24, 2.45) is 7.05 Å². The monoisotopic (exact) mass is 477 g/mol. The van der Waals surface area contributed by atoms with Crippen LogP contribution in [0.15, 0.2) is 33.9 Å². The van der Waals surface area contributed by atoms with Crippen LogP contribution in [0, 0.1) is 0 Å². The summed E-state index contributed by atoms with van der Waals surface area (Å²) in [6.45, 7) is 5.99. The molecule has 1 aromatic carbocycles. The number of carboxylic acids is 1. The fourth-order valence-electron chi connectivity index (χ4n) is 3.08. The van der Waals surface area contributed by atoms with Crippen molar-refractivity contribution >= 4 is 5.97 Å². The quantitative estimate of drug-likeness (QED) is 0.389. The molecule has 0 saturated heterocycles. The summed E-state index contributed by atoms with van der Waals surface area (Å²) in [5.74, 6) is -0.282. The van der Waals surface area contributed by atoms with Gasteiger partial charge in [0.1, 0.15) is 11.5 Å². The van der Waals surface area contributed by atoms with Gasteiger partial charge in [-0.15, -0.1) is 5.10 Å². The third-order valence-corrected chi connectivity index (χ3v) is 5.17. The molecule has 0 radical (unpaired) electrons. The molecule has 188 valence electrons. The number of carbonyl (C=O) groups is 1. The molecule has 0 aliphatic carbocycles. The standard InChI is InChI=1S/C24H35N3O7/c1-5-6-7-8-9-14-27-23(31)26(4)21(28)20(25-27)33-16-11-15-32-18-12-10-13-19(17-18)34-24(2,3)22(29)30/h10,12-13,17H,5-9,11,14-16H2,1-4H3,(H,29,30). The van der Waals surface area contributed by atoms with Crippen molar-refractivity contribution in [2.45, 2.75) is 71.4 Å². The van der Waals surface area contributed by atoms with Gasteiger partial charge in [0, 0.05) is 26.1 Å². The number of nitrogens with zero attached hydrogens (tertiary/aromatic N) is 3. The maximum absolute atomic E-state index is 12.3. The summed E-state index contributed by atoms with van der Waals surface area (Å²) in [6, 6.07) is 6.70. The van der Waals surface area contributed by atoms with Crippen LogP contribution in [0.3, 0.4) is 0 Å². The lowest BCUT2D eigenvalue weighted by Gasteiger charge is -2.21. The number of aromatic nitrogens is 3. The van der Waals surface area contributed by atoms with Gasteiger partial charge in [-0.3, -0.25) is 9.36 Å². The molecule has 0 fully saturated rings. The van der Waals surface area contributed by atoms with E-state index in [1.807, 2.05) is 0 Å². The van der Waals surface area contributed by atoms with Crippen molar-refractivity contribution < 1.29 is 24.1 Å². The van der Waals surface area contributed by atoms with Crippen LogP contribution in [0.5, 0.6) is 17.4 Å². The summed E-state index contributed by atoms with van der Waals surface area (Å²) in [5, 5.41) is 13.3. The third kappa shape index (κ3) is 7.93. The van der Waals surface area contributed by atoms with E-state index in [2.05, 4.69) is 12.0 Å². The highest BCUT2D eigenvalue weighted by Gasteiger charge is 2.29. The second kappa shape index (κ2) is 12.8. The van der Waals surface area contributed by atoms with Gasteiger partial charge >= 0.3 is 17.2 Å². The Morgan fingerprint density at radius 3 is 2.41 bits per heavy atom. The summed E-state index contributed by atoms with van der Waals surface area (Å²) >= 11 is 0. The summed E-state index contributed by atoms with van der Waals surface area (Å²) < 4.78 is 19.0. The normalized spacial score (nSPS) is 11.3. The number of rotatable bonds is 15. The van der Waals surface area contributed by atoms with E-state index in [9.17, 15) is 19.5 Å². The van der Waals surface area contributed by atoms with Gasteiger partial charge in [-0.05, 0) is 32.4 Å². The molecule has 2 rings (SSSR count). The fraction of sp³-hybridized carbons (Fsp3) is 0.583. The second-order valence-corrected chi connectivity index (χ2v) is 8.53. The molecule has 34 heavy (non-hydrogen) atoms. The van der Waals surface area contributed by atoms with Crippen LogP contribution in [0.25, 0.3) is 0 Å². The lowest BCUT2D eigenvalue weighted by molar-refractivity contribution is -0.152. The maximum atomic E-state index is 12.3. The van der Waals surface area contributed by atoms with Crippen LogP contribution in [0.4, 0.5) is 0 Å². The fourth-order valence-corrected chi connectivity index (χ4v) is 3.08. The lowest BCUT2D eigenvalue weighted by Crippen LogP contribution is -2.40. The summed E-state index contributed by atoms with van der Waals surface area (Å²) in [5.41, 5.74) is -2.39. The number of aliphatic carboxylic acids is 1. The second-order valence-electron chi connectivity index (χ2n) is 8.53. The average molecular weight is 478 g/mol. The molecule has 0 atom stereocenters. The van der Waals surface area contributed by atoms with Crippen LogP contribution in [-0.2, 0) is 18.4 Å². The van der Waals surface area contributed by atoms with E-state index < -0.39 is 22.8 Å². The van der Waals surface area contributed by atoms with Crippen molar-refractivity contribution in [1.29, 1.82) is 0 Å². The van der Waals surface area contributed by atoms with E-state index in [1.165, 1.54) is 25.6 Å². The highest BCUT2D eigenvalue weighted by Crippen LogP contribution is 2.23. The van der Waals surface area contributed by atoms with E-state index >= 15 is 0 Å². The van der Waals surface area contributed by atoms with Crippen molar-refractivity contribution in [3.63, 3.8) is 0 Å². The van der Waals surface area contributed by atoms with Crippen molar-refractivity contribution in [3.8, 4) is 17.4 Å². The Morgan fingerprint density at radius 1 is 1.03 bits per heavy atom. The van der Waals surface area contributed by atoms with Crippen LogP contribution in [0.1, 0.15) is 59.3 Å². The zero-order valence-corrected chi connectivity index (χ0v) is 20.4.